The molecule has 2 aromatic rings. The van der Waals surface area contributed by atoms with E-state index in [1.54, 1.807) is 0 Å². The topological polar surface area (TPSA) is 65.1 Å². The Labute approximate surface area is 105 Å². The maximum absolute atomic E-state index is 11.3. The van der Waals surface area contributed by atoms with Crippen molar-refractivity contribution in [1.82, 2.24) is 10.3 Å². The molecule has 3 N–H and O–H groups in total. The van der Waals surface area contributed by atoms with Crippen LogP contribution in [-0.4, -0.2) is 22.6 Å². The van der Waals surface area contributed by atoms with Gasteiger partial charge in [0.25, 0.3) is 0 Å². The lowest BCUT2D eigenvalue weighted by Crippen LogP contribution is -2.34. The largest absolute Gasteiger partial charge is 0.480 e. The minimum atomic E-state index is -0.819. The van der Waals surface area contributed by atoms with Crippen molar-refractivity contribution in [3.8, 4) is 0 Å². The Morgan fingerprint density at radius 1 is 1.50 bits per heavy atom. The van der Waals surface area contributed by atoms with E-state index in [9.17, 15) is 9.90 Å². The van der Waals surface area contributed by atoms with E-state index in [-0.39, 0.29) is 0 Å². The van der Waals surface area contributed by atoms with Gasteiger partial charge < -0.3 is 10.1 Å². The summed E-state index contributed by atoms with van der Waals surface area (Å²) in [6.45, 7) is 2.83. The van der Waals surface area contributed by atoms with Crippen LogP contribution in [0.15, 0.2) is 18.2 Å². The summed E-state index contributed by atoms with van der Waals surface area (Å²) in [6.07, 6.45) is 1.83. The molecule has 1 aromatic heterocycles. The van der Waals surface area contributed by atoms with Gasteiger partial charge in [-0.1, -0.05) is 25.1 Å². The molecular formula is C14H16N2O2. The lowest BCUT2D eigenvalue weighted by Gasteiger charge is -2.20. The van der Waals surface area contributed by atoms with Gasteiger partial charge in [-0.3, -0.25) is 10.1 Å². The van der Waals surface area contributed by atoms with E-state index in [2.05, 4.69) is 29.4 Å². The Bertz CT molecular complexity index is 616. The highest BCUT2D eigenvalue weighted by Gasteiger charge is 2.29. The first-order chi connectivity index (χ1) is 8.72. The molecule has 3 rings (SSSR count). The third kappa shape index (κ3) is 1.53. The van der Waals surface area contributed by atoms with Crippen LogP contribution in [0.2, 0.25) is 0 Å². The zero-order chi connectivity index (χ0) is 12.7. The third-order valence-corrected chi connectivity index (χ3v) is 3.70. The summed E-state index contributed by atoms with van der Waals surface area (Å²) < 4.78 is 0. The predicted octanol–water partition coefficient (Wildman–Crippen LogP) is 2.00. The first kappa shape index (κ1) is 11.3. The van der Waals surface area contributed by atoms with E-state index in [4.69, 9.17) is 0 Å². The molecule has 2 heterocycles. The molecular weight excluding hydrogens is 228 g/mol. The van der Waals surface area contributed by atoms with Crippen molar-refractivity contribution >= 4 is 16.9 Å². The Morgan fingerprint density at radius 2 is 2.33 bits per heavy atom. The van der Waals surface area contributed by atoms with Crippen LogP contribution in [0.25, 0.3) is 10.9 Å². The Hall–Kier alpha value is -1.81. The first-order valence-electron chi connectivity index (χ1n) is 6.31. The highest BCUT2D eigenvalue weighted by molar-refractivity contribution is 5.90. The van der Waals surface area contributed by atoms with E-state index in [0.717, 1.165) is 29.6 Å². The van der Waals surface area contributed by atoms with Crippen LogP contribution in [0.1, 0.15) is 29.8 Å². The van der Waals surface area contributed by atoms with Gasteiger partial charge in [0.05, 0.1) is 0 Å². The molecule has 0 radical (unpaired) electrons. The maximum Gasteiger partial charge on any atom is 0.326 e. The number of carboxylic acids is 1. The van der Waals surface area contributed by atoms with Crippen LogP contribution in [0, 0.1) is 0 Å². The average Bonchev–Trinajstić information content (AvgIpc) is 2.76. The number of rotatable bonds is 2. The predicted molar refractivity (Wildman–Crippen MR) is 69.8 cm³/mol. The fourth-order valence-corrected chi connectivity index (χ4v) is 2.82. The summed E-state index contributed by atoms with van der Waals surface area (Å²) in [6, 6.07) is 5.61. The van der Waals surface area contributed by atoms with Crippen LogP contribution < -0.4 is 5.32 Å². The lowest BCUT2D eigenvalue weighted by molar-refractivity contribution is -0.139. The molecule has 1 atom stereocenters. The Balaban J connectivity index is 2.26. The quantitative estimate of drug-likeness (QED) is 0.757. The Morgan fingerprint density at radius 3 is 3.06 bits per heavy atom. The normalized spacial score (nSPS) is 18.8. The second-order valence-electron chi connectivity index (χ2n) is 4.69. The number of para-hydroxylation sites is 1. The second kappa shape index (κ2) is 4.14. The summed E-state index contributed by atoms with van der Waals surface area (Å²) in [5.41, 5.74) is 4.32. The van der Waals surface area contributed by atoms with Crippen molar-refractivity contribution in [2.75, 3.05) is 6.54 Å². The van der Waals surface area contributed by atoms with Gasteiger partial charge >= 0.3 is 5.97 Å². The van der Waals surface area contributed by atoms with Gasteiger partial charge in [-0.2, -0.15) is 0 Å². The summed E-state index contributed by atoms with van der Waals surface area (Å²) in [4.78, 5) is 14.6. The first-order valence-corrected chi connectivity index (χ1v) is 6.31. The smallest absolute Gasteiger partial charge is 0.326 e. The minimum absolute atomic E-state index is 0.606. The number of carbonyl (C=O) groups is 1. The SMILES string of the molecule is CCc1cccc2c3c([nH]c12)C(C(=O)O)NCC3. The zero-order valence-electron chi connectivity index (χ0n) is 10.3. The molecule has 4 nitrogen and oxygen atoms in total. The summed E-state index contributed by atoms with van der Waals surface area (Å²) >= 11 is 0. The Kier molecular flexibility index (Phi) is 2.59. The molecule has 0 aliphatic carbocycles. The van der Waals surface area contributed by atoms with Crippen LogP contribution in [0.4, 0.5) is 0 Å². The van der Waals surface area contributed by atoms with Crippen molar-refractivity contribution in [3.63, 3.8) is 0 Å². The average molecular weight is 244 g/mol. The van der Waals surface area contributed by atoms with E-state index in [0.29, 0.717) is 6.54 Å². The number of benzene rings is 1. The fraction of sp³-hybridized carbons (Fsp3) is 0.357. The minimum Gasteiger partial charge on any atom is -0.480 e. The molecule has 0 saturated carbocycles. The molecule has 0 saturated heterocycles. The van der Waals surface area contributed by atoms with Gasteiger partial charge in [-0.15, -0.1) is 0 Å². The maximum atomic E-state index is 11.3. The van der Waals surface area contributed by atoms with E-state index in [1.165, 1.54) is 10.9 Å². The number of aliphatic carboxylic acids is 1. The number of hydrogen-bond donors (Lipinski definition) is 3. The molecule has 1 aliphatic rings. The van der Waals surface area contributed by atoms with Crippen molar-refractivity contribution in [1.29, 1.82) is 0 Å². The highest BCUT2D eigenvalue weighted by Crippen LogP contribution is 2.31. The van der Waals surface area contributed by atoms with Gasteiger partial charge in [0.15, 0.2) is 0 Å². The number of aryl methyl sites for hydroxylation is 1. The standard InChI is InChI=1S/C14H16N2O2/c1-2-8-4-3-5-9-10-6-7-15-13(14(17)18)12(10)16-11(8)9/h3-5,13,15-16H,2,6-7H2,1H3,(H,17,18). The highest BCUT2D eigenvalue weighted by atomic mass is 16.4. The van der Waals surface area contributed by atoms with Gasteiger partial charge in [0.1, 0.15) is 6.04 Å². The zero-order valence-corrected chi connectivity index (χ0v) is 10.3. The number of fused-ring (bicyclic) bond motifs is 3. The van der Waals surface area contributed by atoms with Crippen molar-refractivity contribution in [2.45, 2.75) is 25.8 Å². The van der Waals surface area contributed by atoms with Crippen molar-refractivity contribution in [3.05, 3.63) is 35.0 Å². The van der Waals surface area contributed by atoms with E-state index < -0.39 is 12.0 Å². The van der Waals surface area contributed by atoms with Crippen LogP contribution in [0.5, 0.6) is 0 Å². The third-order valence-electron chi connectivity index (χ3n) is 3.70. The number of carboxylic acid groups (broad SMARTS) is 1. The van der Waals surface area contributed by atoms with Crippen LogP contribution in [-0.2, 0) is 17.6 Å². The molecule has 0 fully saturated rings. The molecule has 0 spiro atoms. The number of nitrogens with one attached hydrogen (secondary N) is 2. The van der Waals surface area contributed by atoms with Crippen molar-refractivity contribution in [2.24, 2.45) is 0 Å². The molecule has 0 amide bonds. The van der Waals surface area contributed by atoms with Crippen LogP contribution in [0.3, 0.4) is 0 Å². The van der Waals surface area contributed by atoms with Gasteiger partial charge in [0.2, 0.25) is 0 Å². The monoisotopic (exact) mass is 244 g/mol. The number of H-pyrrole nitrogens is 1. The van der Waals surface area contributed by atoms with E-state index >= 15 is 0 Å². The molecule has 1 aromatic carbocycles. The lowest BCUT2D eigenvalue weighted by atomic mass is 9.98. The molecule has 94 valence electrons. The fourth-order valence-electron chi connectivity index (χ4n) is 2.82. The van der Waals surface area contributed by atoms with Crippen LogP contribution >= 0.6 is 0 Å². The number of aromatic amines is 1. The molecule has 18 heavy (non-hydrogen) atoms. The number of aromatic nitrogens is 1. The van der Waals surface area contributed by atoms with Gasteiger partial charge in [0, 0.05) is 23.1 Å². The summed E-state index contributed by atoms with van der Waals surface area (Å²) in [5.74, 6) is -0.819. The summed E-state index contributed by atoms with van der Waals surface area (Å²) in [7, 11) is 0. The molecule has 4 heteroatoms. The molecule has 1 unspecified atom stereocenters. The van der Waals surface area contributed by atoms with Gasteiger partial charge in [-0.25, -0.2) is 0 Å². The van der Waals surface area contributed by atoms with Crippen molar-refractivity contribution < 1.29 is 9.90 Å². The number of hydrogen-bond acceptors (Lipinski definition) is 2. The second-order valence-corrected chi connectivity index (χ2v) is 4.69. The summed E-state index contributed by atoms with van der Waals surface area (Å²) in [5, 5.41) is 13.5. The van der Waals surface area contributed by atoms with E-state index in [1.807, 2.05) is 6.07 Å². The molecule has 0 bridgehead atoms. The molecule has 1 aliphatic heterocycles. The van der Waals surface area contributed by atoms with Gasteiger partial charge in [-0.05, 0) is 24.0 Å².